The summed E-state index contributed by atoms with van der Waals surface area (Å²) in [7, 11) is 0. The van der Waals surface area contributed by atoms with Crippen LogP contribution in [0.15, 0.2) is 158 Å². The number of hydrogen-bond donors (Lipinski definition) is 0. The van der Waals surface area contributed by atoms with Crippen LogP contribution in [0, 0.1) is 0 Å². The van der Waals surface area contributed by atoms with E-state index < -0.39 is 0 Å². The molecule has 0 bridgehead atoms. The van der Waals surface area contributed by atoms with Gasteiger partial charge >= 0.3 is 0 Å². The summed E-state index contributed by atoms with van der Waals surface area (Å²) in [5.74, 6) is -0.438. The van der Waals surface area contributed by atoms with E-state index in [1.165, 1.54) is 26.4 Å². The minimum absolute atomic E-state index is 0.219. The second-order valence-corrected chi connectivity index (χ2v) is 13.9. The number of aromatic nitrogens is 2. The molecule has 0 radical (unpaired) electrons. The lowest BCUT2D eigenvalue weighted by Gasteiger charge is -2.14. The van der Waals surface area contributed by atoms with Gasteiger partial charge in [-0.2, -0.15) is 0 Å². The summed E-state index contributed by atoms with van der Waals surface area (Å²) in [6, 6.07) is 54.6. The molecule has 0 spiro atoms. The third-order valence-corrected chi connectivity index (χ3v) is 10.9. The number of carbonyl (C=O) groups excluding carboxylic acids is 2. The third kappa shape index (κ3) is 4.70. The van der Waals surface area contributed by atoms with Crippen LogP contribution in [0.1, 0.15) is 40.5 Å². The molecule has 10 rings (SSSR count). The molecule has 0 saturated carbocycles. The molecule has 1 aliphatic rings. The highest BCUT2D eigenvalue weighted by Gasteiger charge is 2.39. The van der Waals surface area contributed by atoms with Gasteiger partial charge < -0.3 is 9.13 Å². The summed E-state index contributed by atoms with van der Waals surface area (Å²) in [5, 5.41) is 4.83. The van der Waals surface area contributed by atoms with Gasteiger partial charge in [-0.3, -0.25) is 14.5 Å². The lowest BCUT2D eigenvalue weighted by molar-refractivity contribution is 0.0653. The maximum absolute atomic E-state index is 14.2. The van der Waals surface area contributed by atoms with Crippen LogP contribution in [0.4, 0.5) is 0 Å². The van der Waals surface area contributed by atoms with Crippen LogP contribution in [0.3, 0.4) is 0 Å². The molecule has 2 amide bonds. The number of imide groups is 1. The van der Waals surface area contributed by atoms with Crippen molar-refractivity contribution in [3.63, 3.8) is 0 Å². The van der Waals surface area contributed by atoms with E-state index in [0.29, 0.717) is 17.7 Å². The van der Waals surface area contributed by atoms with Crippen molar-refractivity contribution in [2.24, 2.45) is 0 Å². The fraction of sp³-hybridized carbons (Fsp3) is 0.0833. The first-order valence-corrected chi connectivity index (χ1v) is 18.3. The summed E-state index contributed by atoms with van der Waals surface area (Å²) in [5.41, 5.74) is 11.0. The average Bonchev–Trinajstić information content (AvgIpc) is 3.82. The summed E-state index contributed by atoms with van der Waals surface area (Å²) in [6.45, 7) is 2.48. The molecule has 9 aromatic rings. The minimum Gasteiger partial charge on any atom is -0.309 e. The molecule has 5 nitrogen and oxygen atoms in total. The van der Waals surface area contributed by atoms with Crippen molar-refractivity contribution in [1.82, 2.24) is 14.0 Å². The van der Waals surface area contributed by atoms with E-state index in [2.05, 4.69) is 162 Å². The predicted octanol–water partition coefficient (Wildman–Crippen LogP) is 11.6. The highest BCUT2D eigenvalue weighted by Crippen LogP contribution is 2.41. The highest BCUT2D eigenvalue weighted by molar-refractivity contribution is 6.26. The second-order valence-electron chi connectivity index (χ2n) is 13.9. The van der Waals surface area contributed by atoms with E-state index in [1.807, 2.05) is 12.1 Å². The van der Waals surface area contributed by atoms with Crippen molar-refractivity contribution >= 4 is 55.4 Å². The van der Waals surface area contributed by atoms with Crippen molar-refractivity contribution in [2.75, 3.05) is 6.54 Å². The highest BCUT2D eigenvalue weighted by atomic mass is 16.2. The normalized spacial score (nSPS) is 12.9. The number of nitrogens with zero attached hydrogens (tertiary/aromatic N) is 3. The molecule has 0 aliphatic carbocycles. The molecule has 53 heavy (non-hydrogen) atoms. The van der Waals surface area contributed by atoms with Crippen LogP contribution in [0.25, 0.3) is 77.2 Å². The number of para-hydroxylation sites is 4. The Morgan fingerprint density at radius 3 is 1.09 bits per heavy atom. The fourth-order valence-corrected chi connectivity index (χ4v) is 8.39. The van der Waals surface area contributed by atoms with Crippen molar-refractivity contribution in [1.29, 1.82) is 0 Å². The number of unbranched alkanes of at least 4 members (excludes halogenated alkanes) is 1. The van der Waals surface area contributed by atoms with Crippen LogP contribution < -0.4 is 0 Å². The summed E-state index contributed by atoms with van der Waals surface area (Å²) < 4.78 is 4.57. The van der Waals surface area contributed by atoms with E-state index in [1.54, 1.807) is 0 Å². The van der Waals surface area contributed by atoms with Gasteiger partial charge in [-0.25, -0.2) is 0 Å². The van der Waals surface area contributed by atoms with Gasteiger partial charge in [0.1, 0.15) is 0 Å². The first-order valence-electron chi connectivity index (χ1n) is 18.3. The maximum Gasteiger partial charge on any atom is 0.262 e. The first-order chi connectivity index (χ1) is 26.1. The summed E-state index contributed by atoms with van der Waals surface area (Å²) in [6.07, 6.45) is 1.65. The standard InChI is InChI=1S/C48H35N3O2/c1-2-3-30-49-47(52)45-35(31-20-24-33(25-21-31)50-41-16-8-4-12-37(41)38-13-5-9-17-42(38)50)28-29-36(46(45)48(49)53)32-22-26-34(27-23-32)51-43-18-10-6-14-39(43)40-15-7-11-19-44(40)51/h4-29H,2-3,30H2,1H3. The van der Waals surface area contributed by atoms with Crippen molar-refractivity contribution < 1.29 is 9.59 Å². The number of rotatable bonds is 7. The molecule has 5 heteroatoms. The number of fused-ring (bicyclic) bond motifs is 7. The Hall–Kier alpha value is -6.72. The van der Waals surface area contributed by atoms with Crippen molar-refractivity contribution in [3.8, 4) is 33.6 Å². The Bertz CT molecular complexity index is 2610. The molecule has 0 saturated heterocycles. The van der Waals surface area contributed by atoms with Crippen LogP contribution >= 0.6 is 0 Å². The Morgan fingerprint density at radius 2 is 0.755 bits per heavy atom. The first kappa shape index (κ1) is 31.1. The number of hydrogen-bond acceptors (Lipinski definition) is 2. The molecule has 0 atom stereocenters. The van der Waals surface area contributed by atoms with Crippen LogP contribution in [-0.4, -0.2) is 32.4 Å². The molecule has 0 fully saturated rings. The number of carbonyl (C=O) groups is 2. The van der Waals surface area contributed by atoms with Crippen LogP contribution in [0.5, 0.6) is 0 Å². The number of amides is 2. The smallest absolute Gasteiger partial charge is 0.262 e. The van der Waals surface area contributed by atoms with Gasteiger partial charge in [0.15, 0.2) is 0 Å². The van der Waals surface area contributed by atoms with Gasteiger partial charge in [-0.15, -0.1) is 0 Å². The lowest BCUT2D eigenvalue weighted by Crippen LogP contribution is -2.30. The monoisotopic (exact) mass is 685 g/mol. The molecule has 254 valence electrons. The number of benzene rings is 7. The summed E-state index contributed by atoms with van der Waals surface area (Å²) >= 11 is 0. The Labute approximate surface area is 306 Å². The fourth-order valence-electron chi connectivity index (χ4n) is 8.39. The Morgan fingerprint density at radius 1 is 0.415 bits per heavy atom. The van der Waals surface area contributed by atoms with Gasteiger partial charge in [0.25, 0.3) is 11.8 Å². The molecule has 3 heterocycles. The van der Waals surface area contributed by atoms with Crippen LogP contribution in [-0.2, 0) is 0 Å². The van der Waals surface area contributed by atoms with Crippen LogP contribution in [0.2, 0.25) is 0 Å². The van der Waals surface area contributed by atoms with E-state index in [-0.39, 0.29) is 11.8 Å². The zero-order valence-corrected chi connectivity index (χ0v) is 29.3. The molecule has 7 aromatic carbocycles. The summed E-state index contributed by atoms with van der Waals surface area (Å²) in [4.78, 5) is 29.8. The third-order valence-electron chi connectivity index (χ3n) is 10.9. The molecule has 0 N–H and O–H groups in total. The van der Waals surface area contributed by atoms with E-state index in [0.717, 1.165) is 68.5 Å². The molecular weight excluding hydrogens is 651 g/mol. The van der Waals surface area contributed by atoms with E-state index in [4.69, 9.17) is 0 Å². The zero-order valence-electron chi connectivity index (χ0n) is 29.3. The molecule has 0 unspecified atom stereocenters. The SMILES string of the molecule is CCCCN1C(=O)c2c(-c3ccc(-n4c5ccccc5c5ccccc54)cc3)ccc(-c3ccc(-n4c5ccccc5c5ccccc54)cc3)c2C1=O. The molecule has 1 aliphatic heterocycles. The van der Waals surface area contributed by atoms with Gasteiger partial charge in [-0.05, 0) is 77.2 Å². The maximum atomic E-state index is 14.2. The second kappa shape index (κ2) is 12.2. The largest absolute Gasteiger partial charge is 0.309 e. The molecular formula is C48H35N3O2. The van der Waals surface area contributed by atoms with E-state index in [9.17, 15) is 9.59 Å². The van der Waals surface area contributed by atoms with E-state index >= 15 is 0 Å². The predicted molar refractivity (Wildman–Crippen MR) is 216 cm³/mol. The van der Waals surface area contributed by atoms with Crippen molar-refractivity contribution in [2.45, 2.75) is 19.8 Å². The lowest BCUT2D eigenvalue weighted by atomic mass is 9.90. The molecule has 2 aromatic heterocycles. The average molecular weight is 686 g/mol. The van der Waals surface area contributed by atoms with Gasteiger partial charge in [0, 0.05) is 39.5 Å². The van der Waals surface area contributed by atoms with Gasteiger partial charge in [-0.1, -0.05) is 123 Å². The topological polar surface area (TPSA) is 47.2 Å². The zero-order chi connectivity index (χ0) is 35.6. The minimum atomic E-state index is -0.219. The van der Waals surface area contributed by atoms with Crippen molar-refractivity contribution in [3.05, 3.63) is 169 Å². The van der Waals surface area contributed by atoms with Gasteiger partial charge in [0.2, 0.25) is 0 Å². The Kier molecular flexibility index (Phi) is 7.15. The van der Waals surface area contributed by atoms with Gasteiger partial charge in [0.05, 0.1) is 33.2 Å². The Balaban J connectivity index is 1.08. The quantitative estimate of drug-likeness (QED) is 0.157.